The molecule has 1 aliphatic rings. The van der Waals surface area contributed by atoms with E-state index in [9.17, 15) is 9.59 Å². The Hall–Kier alpha value is -2.24. The second-order valence-electron chi connectivity index (χ2n) is 5.52. The summed E-state index contributed by atoms with van der Waals surface area (Å²) in [5, 5.41) is 0. The molecule has 3 rings (SSSR count). The number of amides is 1. The molecule has 1 heterocycles. The molecule has 1 fully saturated rings. The average molecular weight is 353 g/mol. The SMILES string of the molecule is Cc1cccc(N2C(=O)/C(=C/c3ccc(C=O)cc3)SC2=S)c1C. The number of carbonyl (C=O) groups excluding carboxylic acids is 2. The van der Waals surface area contributed by atoms with Gasteiger partial charge in [0.25, 0.3) is 5.91 Å². The zero-order valence-electron chi connectivity index (χ0n) is 13.3. The molecule has 1 amide bonds. The molecule has 2 aromatic carbocycles. The molecule has 0 aliphatic carbocycles. The highest BCUT2D eigenvalue weighted by Crippen LogP contribution is 2.37. The highest BCUT2D eigenvalue weighted by atomic mass is 32.2. The van der Waals surface area contributed by atoms with E-state index in [2.05, 4.69) is 0 Å². The maximum absolute atomic E-state index is 12.8. The van der Waals surface area contributed by atoms with Crippen molar-refractivity contribution in [3.63, 3.8) is 0 Å². The molecule has 1 aliphatic heterocycles. The van der Waals surface area contributed by atoms with E-state index in [1.807, 2.05) is 44.2 Å². The lowest BCUT2D eigenvalue weighted by molar-refractivity contribution is -0.113. The number of benzene rings is 2. The van der Waals surface area contributed by atoms with E-state index in [4.69, 9.17) is 12.2 Å². The first kappa shape index (κ1) is 16.6. The molecule has 3 nitrogen and oxygen atoms in total. The molecule has 0 aromatic heterocycles. The first-order chi connectivity index (χ1) is 11.5. The molecule has 24 heavy (non-hydrogen) atoms. The summed E-state index contributed by atoms with van der Waals surface area (Å²) in [4.78, 5) is 25.7. The Morgan fingerprint density at radius 2 is 1.71 bits per heavy atom. The van der Waals surface area contributed by atoms with Crippen molar-refractivity contribution >= 4 is 52.3 Å². The number of anilines is 1. The van der Waals surface area contributed by atoms with E-state index >= 15 is 0 Å². The van der Waals surface area contributed by atoms with E-state index in [0.29, 0.717) is 14.8 Å². The lowest BCUT2D eigenvalue weighted by Crippen LogP contribution is -2.28. The maximum atomic E-state index is 12.8. The molecular formula is C19H15NO2S2. The molecule has 5 heteroatoms. The van der Waals surface area contributed by atoms with Crippen LogP contribution in [-0.4, -0.2) is 16.5 Å². The van der Waals surface area contributed by atoms with Crippen LogP contribution in [0, 0.1) is 13.8 Å². The van der Waals surface area contributed by atoms with E-state index in [1.165, 1.54) is 11.8 Å². The van der Waals surface area contributed by atoms with Gasteiger partial charge in [0.1, 0.15) is 6.29 Å². The number of rotatable bonds is 3. The van der Waals surface area contributed by atoms with E-state index in [-0.39, 0.29) is 5.91 Å². The van der Waals surface area contributed by atoms with Crippen LogP contribution in [0.3, 0.4) is 0 Å². The van der Waals surface area contributed by atoms with Gasteiger partial charge in [-0.1, -0.05) is 60.4 Å². The minimum absolute atomic E-state index is 0.113. The van der Waals surface area contributed by atoms with Crippen LogP contribution in [0.5, 0.6) is 0 Å². The number of nitrogens with zero attached hydrogens (tertiary/aromatic N) is 1. The second kappa shape index (κ2) is 6.71. The summed E-state index contributed by atoms with van der Waals surface area (Å²) in [6.07, 6.45) is 2.60. The zero-order chi connectivity index (χ0) is 17.3. The van der Waals surface area contributed by atoms with Crippen LogP contribution in [0.2, 0.25) is 0 Å². The molecule has 1 saturated heterocycles. The summed E-state index contributed by atoms with van der Waals surface area (Å²) in [7, 11) is 0. The fourth-order valence-electron chi connectivity index (χ4n) is 2.48. The molecule has 0 spiro atoms. The molecule has 2 aromatic rings. The van der Waals surface area contributed by atoms with Gasteiger partial charge in [-0.2, -0.15) is 0 Å². The van der Waals surface area contributed by atoms with Crippen molar-refractivity contribution in [2.45, 2.75) is 13.8 Å². The van der Waals surface area contributed by atoms with Crippen molar-refractivity contribution in [1.29, 1.82) is 0 Å². The monoisotopic (exact) mass is 353 g/mol. The average Bonchev–Trinajstić information content (AvgIpc) is 2.85. The van der Waals surface area contributed by atoms with Crippen LogP contribution in [-0.2, 0) is 4.79 Å². The fraction of sp³-hybridized carbons (Fsp3) is 0.105. The first-order valence-corrected chi connectivity index (χ1v) is 8.63. The number of aryl methyl sites for hydroxylation is 1. The summed E-state index contributed by atoms with van der Waals surface area (Å²) in [5.41, 5.74) is 4.47. The standard InChI is InChI=1S/C19H15NO2S2/c1-12-4-3-5-16(13(12)2)20-18(22)17(24-19(20)23)10-14-6-8-15(11-21)9-7-14/h3-11H,1-2H3/b17-10-. The Morgan fingerprint density at radius 3 is 2.38 bits per heavy atom. The molecule has 0 bridgehead atoms. The molecule has 120 valence electrons. The Bertz CT molecular complexity index is 869. The van der Waals surface area contributed by atoms with Gasteiger partial charge < -0.3 is 0 Å². The van der Waals surface area contributed by atoms with Gasteiger partial charge in [-0.3, -0.25) is 14.5 Å². The topological polar surface area (TPSA) is 37.4 Å². The number of hydrogen-bond acceptors (Lipinski definition) is 4. The lowest BCUT2D eigenvalue weighted by Gasteiger charge is -2.18. The summed E-state index contributed by atoms with van der Waals surface area (Å²) in [6, 6.07) is 12.9. The van der Waals surface area contributed by atoms with Crippen LogP contribution >= 0.6 is 24.0 Å². The van der Waals surface area contributed by atoms with Gasteiger partial charge in [0, 0.05) is 5.56 Å². The van der Waals surface area contributed by atoms with Crippen molar-refractivity contribution in [2.75, 3.05) is 4.90 Å². The third-order valence-electron chi connectivity index (χ3n) is 3.98. The maximum Gasteiger partial charge on any atom is 0.270 e. The Kier molecular flexibility index (Phi) is 4.64. The first-order valence-electron chi connectivity index (χ1n) is 7.40. The lowest BCUT2D eigenvalue weighted by atomic mass is 10.1. The molecule has 0 radical (unpaired) electrons. The van der Waals surface area contributed by atoms with Gasteiger partial charge >= 0.3 is 0 Å². The third-order valence-corrected chi connectivity index (χ3v) is 5.28. The van der Waals surface area contributed by atoms with Gasteiger partial charge in [0.2, 0.25) is 0 Å². The third kappa shape index (κ3) is 3.05. The van der Waals surface area contributed by atoms with Crippen molar-refractivity contribution in [2.24, 2.45) is 0 Å². The largest absolute Gasteiger partial charge is 0.298 e. The van der Waals surface area contributed by atoms with Gasteiger partial charge in [0.05, 0.1) is 10.6 Å². The van der Waals surface area contributed by atoms with Crippen LogP contribution in [0.1, 0.15) is 27.0 Å². The van der Waals surface area contributed by atoms with E-state index < -0.39 is 0 Å². The van der Waals surface area contributed by atoms with Crippen LogP contribution in [0.15, 0.2) is 47.4 Å². The Morgan fingerprint density at radius 1 is 1.04 bits per heavy atom. The summed E-state index contributed by atoms with van der Waals surface area (Å²) >= 11 is 6.71. The van der Waals surface area contributed by atoms with Gasteiger partial charge in [-0.15, -0.1) is 0 Å². The normalized spacial score (nSPS) is 16.1. The molecule has 0 unspecified atom stereocenters. The van der Waals surface area contributed by atoms with Crippen molar-refractivity contribution < 1.29 is 9.59 Å². The quantitative estimate of drug-likeness (QED) is 0.462. The highest BCUT2D eigenvalue weighted by Gasteiger charge is 2.34. The zero-order valence-corrected chi connectivity index (χ0v) is 14.9. The minimum Gasteiger partial charge on any atom is -0.298 e. The highest BCUT2D eigenvalue weighted by molar-refractivity contribution is 8.27. The van der Waals surface area contributed by atoms with Gasteiger partial charge in [-0.25, -0.2) is 0 Å². The number of thiocarbonyl (C=S) groups is 1. The number of hydrogen-bond donors (Lipinski definition) is 0. The summed E-state index contributed by atoms with van der Waals surface area (Å²) < 4.78 is 0.532. The predicted octanol–water partition coefficient (Wildman–Crippen LogP) is 4.52. The van der Waals surface area contributed by atoms with Crippen LogP contribution in [0.4, 0.5) is 5.69 Å². The van der Waals surface area contributed by atoms with E-state index in [0.717, 1.165) is 28.7 Å². The Labute approximate surface area is 150 Å². The van der Waals surface area contributed by atoms with Crippen LogP contribution < -0.4 is 4.90 Å². The summed E-state index contributed by atoms with van der Waals surface area (Å²) in [6.45, 7) is 4.01. The van der Waals surface area contributed by atoms with Crippen LogP contribution in [0.25, 0.3) is 6.08 Å². The summed E-state index contributed by atoms with van der Waals surface area (Å²) in [5.74, 6) is -0.113. The van der Waals surface area contributed by atoms with Crippen molar-refractivity contribution in [3.05, 3.63) is 69.6 Å². The molecule has 0 saturated carbocycles. The van der Waals surface area contributed by atoms with E-state index in [1.54, 1.807) is 23.1 Å². The molecular weight excluding hydrogens is 338 g/mol. The fourth-order valence-corrected chi connectivity index (χ4v) is 3.76. The molecule has 0 N–H and O–H groups in total. The number of carbonyl (C=O) groups is 2. The minimum atomic E-state index is -0.113. The Balaban J connectivity index is 1.95. The second-order valence-corrected chi connectivity index (χ2v) is 7.20. The molecule has 0 atom stereocenters. The van der Waals surface area contributed by atoms with Crippen molar-refractivity contribution in [1.82, 2.24) is 0 Å². The van der Waals surface area contributed by atoms with Crippen molar-refractivity contribution in [3.8, 4) is 0 Å². The smallest absolute Gasteiger partial charge is 0.270 e. The van der Waals surface area contributed by atoms with Gasteiger partial charge in [-0.05, 0) is 42.7 Å². The van der Waals surface area contributed by atoms with Gasteiger partial charge in [0.15, 0.2) is 4.32 Å². The number of thioether (sulfide) groups is 1. The predicted molar refractivity (Wildman–Crippen MR) is 103 cm³/mol. The number of aldehydes is 1.